The normalized spacial score (nSPS) is 33.8. The van der Waals surface area contributed by atoms with Gasteiger partial charge in [-0.3, -0.25) is 4.79 Å². The van der Waals surface area contributed by atoms with Gasteiger partial charge in [-0.15, -0.1) is 0 Å². The number of rotatable bonds is 3. The highest BCUT2D eigenvalue weighted by Gasteiger charge is 2.52. The molecule has 2 aliphatic carbocycles. The van der Waals surface area contributed by atoms with E-state index in [0.29, 0.717) is 16.9 Å². The van der Waals surface area contributed by atoms with Crippen LogP contribution in [0.5, 0.6) is 0 Å². The van der Waals surface area contributed by atoms with E-state index in [9.17, 15) is 4.79 Å². The smallest absolute Gasteiger partial charge is 0.235 e. The van der Waals surface area contributed by atoms with Gasteiger partial charge < -0.3 is 10.6 Å². The Bertz CT molecular complexity index is 319. The maximum Gasteiger partial charge on any atom is 0.235 e. The molecule has 0 aliphatic heterocycles. The third-order valence-corrected chi connectivity index (χ3v) is 4.61. The highest BCUT2D eigenvalue weighted by atomic mass is 32.1. The van der Waals surface area contributed by atoms with Crippen molar-refractivity contribution in [2.24, 2.45) is 17.1 Å². The Morgan fingerprint density at radius 2 is 2.00 bits per heavy atom. The molecule has 3 nitrogen and oxygen atoms in total. The minimum Gasteiger partial charge on any atom is -0.392 e. The van der Waals surface area contributed by atoms with E-state index in [-0.39, 0.29) is 5.91 Å². The zero-order valence-corrected chi connectivity index (χ0v) is 10.8. The predicted molar refractivity (Wildman–Crippen MR) is 68.0 cm³/mol. The first kappa shape index (κ1) is 11.8. The molecule has 0 heterocycles. The van der Waals surface area contributed by atoms with Crippen LogP contribution in [-0.2, 0) is 4.79 Å². The van der Waals surface area contributed by atoms with Gasteiger partial charge in [0.15, 0.2) is 0 Å². The zero-order valence-electron chi connectivity index (χ0n) is 10.0. The Labute approximate surface area is 102 Å². The average molecular weight is 240 g/mol. The van der Waals surface area contributed by atoms with Crippen molar-refractivity contribution in [1.29, 1.82) is 0 Å². The first-order chi connectivity index (χ1) is 7.47. The lowest BCUT2D eigenvalue weighted by atomic mass is 9.61. The molecule has 0 saturated heterocycles. The Hall–Kier alpha value is -0.640. The average Bonchev–Trinajstić information content (AvgIpc) is 2.07. The Balaban J connectivity index is 2.09. The van der Waals surface area contributed by atoms with Crippen LogP contribution in [0.3, 0.4) is 0 Å². The molecule has 0 unspecified atom stereocenters. The van der Waals surface area contributed by atoms with Crippen molar-refractivity contribution < 1.29 is 4.79 Å². The highest BCUT2D eigenvalue weighted by molar-refractivity contribution is 7.80. The summed E-state index contributed by atoms with van der Waals surface area (Å²) >= 11 is 5.10. The number of carbonyl (C=O) groups excluding carboxylic acids is 1. The number of carbonyl (C=O) groups is 1. The molecule has 2 N–H and O–H groups in total. The fraction of sp³-hybridized carbons (Fsp3) is 0.833. The van der Waals surface area contributed by atoms with Crippen LogP contribution in [0, 0.1) is 11.3 Å². The van der Waals surface area contributed by atoms with Gasteiger partial charge in [-0.2, -0.15) is 0 Å². The van der Waals surface area contributed by atoms with E-state index in [1.165, 1.54) is 6.42 Å². The van der Waals surface area contributed by atoms with Gasteiger partial charge in [-0.1, -0.05) is 19.1 Å². The molecule has 2 aliphatic rings. The molecular weight excluding hydrogens is 220 g/mol. The molecule has 1 amide bonds. The quantitative estimate of drug-likeness (QED) is 0.764. The molecule has 0 aromatic rings. The topological polar surface area (TPSA) is 46.3 Å². The summed E-state index contributed by atoms with van der Waals surface area (Å²) in [6.45, 7) is 2.15. The van der Waals surface area contributed by atoms with Gasteiger partial charge in [0.05, 0.1) is 10.4 Å². The van der Waals surface area contributed by atoms with Crippen molar-refractivity contribution >= 4 is 23.1 Å². The molecule has 0 bridgehead atoms. The van der Waals surface area contributed by atoms with Crippen molar-refractivity contribution in [3.05, 3.63) is 0 Å². The number of amides is 1. The number of nitrogens with two attached hydrogens (primary N) is 1. The van der Waals surface area contributed by atoms with E-state index in [1.54, 1.807) is 0 Å². The number of hydrogen-bond donors (Lipinski definition) is 1. The van der Waals surface area contributed by atoms with Crippen LogP contribution in [0.25, 0.3) is 0 Å². The molecule has 0 radical (unpaired) electrons. The highest BCUT2D eigenvalue weighted by Crippen LogP contribution is 2.47. The predicted octanol–water partition coefficient (Wildman–Crippen LogP) is 1.70. The minimum absolute atomic E-state index is 0.155. The Morgan fingerprint density at radius 1 is 1.44 bits per heavy atom. The molecule has 16 heavy (non-hydrogen) atoms. The van der Waals surface area contributed by atoms with Gasteiger partial charge in [0.1, 0.15) is 0 Å². The molecule has 2 saturated carbocycles. The van der Waals surface area contributed by atoms with Crippen molar-refractivity contribution in [2.75, 3.05) is 7.05 Å². The first-order valence-corrected chi connectivity index (χ1v) is 6.45. The van der Waals surface area contributed by atoms with Crippen LogP contribution in [0.1, 0.15) is 39.0 Å². The zero-order chi connectivity index (χ0) is 11.9. The summed E-state index contributed by atoms with van der Waals surface area (Å²) in [5, 5.41) is 0. The van der Waals surface area contributed by atoms with Crippen molar-refractivity contribution in [3.63, 3.8) is 0 Å². The van der Waals surface area contributed by atoms with E-state index >= 15 is 0 Å². The summed E-state index contributed by atoms with van der Waals surface area (Å²) in [4.78, 5) is 14.7. The second-order valence-corrected chi connectivity index (χ2v) is 5.90. The van der Waals surface area contributed by atoms with Crippen LogP contribution in [0.4, 0.5) is 0 Å². The maximum absolute atomic E-state index is 12.4. The third-order valence-electron chi connectivity index (χ3n) is 4.22. The lowest BCUT2D eigenvalue weighted by Crippen LogP contribution is -2.58. The number of hydrogen-bond acceptors (Lipinski definition) is 2. The summed E-state index contributed by atoms with van der Waals surface area (Å²) in [5.41, 5.74) is 5.26. The Morgan fingerprint density at radius 3 is 2.31 bits per heavy atom. The molecule has 2 rings (SSSR count). The van der Waals surface area contributed by atoms with Crippen LogP contribution in [-0.4, -0.2) is 28.9 Å². The largest absolute Gasteiger partial charge is 0.392 e. The third kappa shape index (κ3) is 1.63. The molecular formula is C12H20N2OS. The Kier molecular flexibility index (Phi) is 2.95. The number of nitrogens with zero attached hydrogens (tertiary/aromatic N) is 1. The van der Waals surface area contributed by atoms with Gasteiger partial charge in [-0.05, 0) is 38.0 Å². The first-order valence-electron chi connectivity index (χ1n) is 6.04. The van der Waals surface area contributed by atoms with Gasteiger partial charge in [0.2, 0.25) is 5.91 Å². The van der Waals surface area contributed by atoms with E-state index in [4.69, 9.17) is 18.0 Å². The maximum atomic E-state index is 12.4. The molecule has 0 spiro atoms. The van der Waals surface area contributed by atoms with E-state index in [1.807, 2.05) is 11.9 Å². The summed E-state index contributed by atoms with van der Waals surface area (Å²) < 4.78 is 0. The molecule has 0 atom stereocenters. The van der Waals surface area contributed by atoms with Crippen molar-refractivity contribution in [3.8, 4) is 0 Å². The molecule has 2 fully saturated rings. The minimum atomic E-state index is -0.515. The van der Waals surface area contributed by atoms with E-state index in [2.05, 4.69) is 6.92 Å². The summed E-state index contributed by atoms with van der Waals surface area (Å²) in [6.07, 6.45) is 5.16. The SMILES string of the molecule is CC1CC(C(=O)N(C)C2CCC2)(C(N)=S)C1. The van der Waals surface area contributed by atoms with Crippen LogP contribution < -0.4 is 5.73 Å². The standard InChI is InChI=1S/C12H20N2OS/c1-8-6-12(7-8,10(13)16)11(15)14(2)9-4-3-5-9/h8-9H,3-7H2,1-2H3,(H2,13,16). The van der Waals surface area contributed by atoms with Crippen molar-refractivity contribution in [2.45, 2.75) is 45.1 Å². The van der Waals surface area contributed by atoms with Crippen LogP contribution in [0.15, 0.2) is 0 Å². The molecule has 4 heteroatoms. The lowest BCUT2D eigenvalue weighted by molar-refractivity contribution is -0.146. The second kappa shape index (κ2) is 3.99. The molecule has 0 aromatic carbocycles. The number of thiocarbonyl (C=S) groups is 1. The fourth-order valence-corrected chi connectivity index (χ4v) is 3.14. The van der Waals surface area contributed by atoms with Crippen LogP contribution in [0.2, 0.25) is 0 Å². The monoisotopic (exact) mass is 240 g/mol. The van der Waals surface area contributed by atoms with Gasteiger partial charge in [0.25, 0.3) is 0 Å². The molecule has 0 aromatic heterocycles. The van der Waals surface area contributed by atoms with Gasteiger partial charge in [0, 0.05) is 13.1 Å². The lowest BCUT2D eigenvalue weighted by Gasteiger charge is -2.48. The van der Waals surface area contributed by atoms with E-state index in [0.717, 1.165) is 25.7 Å². The van der Waals surface area contributed by atoms with E-state index < -0.39 is 5.41 Å². The van der Waals surface area contributed by atoms with Gasteiger partial charge in [-0.25, -0.2) is 0 Å². The molecule has 90 valence electrons. The fourth-order valence-electron chi connectivity index (χ4n) is 2.89. The van der Waals surface area contributed by atoms with Crippen molar-refractivity contribution in [1.82, 2.24) is 4.90 Å². The summed E-state index contributed by atoms with van der Waals surface area (Å²) in [6, 6.07) is 0.426. The summed E-state index contributed by atoms with van der Waals surface area (Å²) in [5.74, 6) is 0.725. The summed E-state index contributed by atoms with van der Waals surface area (Å²) in [7, 11) is 1.90. The second-order valence-electron chi connectivity index (χ2n) is 5.46. The van der Waals surface area contributed by atoms with Crippen LogP contribution >= 0.6 is 12.2 Å². The van der Waals surface area contributed by atoms with Gasteiger partial charge >= 0.3 is 0 Å².